The highest BCUT2D eigenvalue weighted by molar-refractivity contribution is 6.31. The molecule has 2 amide bonds. The summed E-state index contributed by atoms with van der Waals surface area (Å²) in [7, 11) is 1.02. The number of carbonyl (C=O) groups is 3. The van der Waals surface area contributed by atoms with Crippen LogP contribution in [0.4, 0.5) is 13.2 Å². The number of hydrogen-bond acceptors (Lipinski definition) is 7. The van der Waals surface area contributed by atoms with Gasteiger partial charge < -0.3 is 30.4 Å². The van der Waals surface area contributed by atoms with Crippen molar-refractivity contribution in [3.63, 3.8) is 0 Å². The van der Waals surface area contributed by atoms with Gasteiger partial charge in [-0.2, -0.15) is 13.2 Å². The fourth-order valence-corrected chi connectivity index (χ4v) is 7.51. The van der Waals surface area contributed by atoms with Crippen molar-refractivity contribution in [1.82, 2.24) is 14.8 Å². The zero-order valence-electron chi connectivity index (χ0n) is 24.9. The lowest BCUT2D eigenvalue weighted by atomic mass is 9.66. The largest absolute Gasteiger partial charge is 0.487 e. The normalized spacial score (nSPS) is 26.8. The molecule has 2 heterocycles. The molecule has 2 aliphatic carbocycles. The number of likely N-dealkylation sites (tertiary alicyclic amines) is 1. The number of hydrazine groups is 1. The second kappa shape index (κ2) is 11.6. The van der Waals surface area contributed by atoms with E-state index in [1.54, 1.807) is 22.8 Å². The number of benzene rings is 1. The van der Waals surface area contributed by atoms with E-state index >= 15 is 0 Å². The van der Waals surface area contributed by atoms with Crippen LogP contribution >= 0.6 is 11.6 Å². The fraction of sp³-hybridized carbons (Fsp3) is 0.633. The number of carboxylic acids is 1. The summed E-state index contributed by atoms with van der Waals surface area (Å²) in [5.41, 5.74) is 3.77. The van der Waals surface area contributed by atoms with E-state index in [0.29, 0.717) is 66.2 Å². The molecule has 2 saturated carbocycles. The van der Waals surface area contributed by atoms with E-state index < -0.39 is 47.5 Å². The number of amides is 2. The third kappa shape index (κ3) is 5.92. The molecule has 5 rings (SSSR count). The Kier molecular flexibility index (Phi) is 8.51. The first-order valence-corrected chi connectivity index (χ1v) is 15.3. The summed E-state index contributed by atoms with van der Waals surface area (Å²) >= 11 is 6.63. The zero-order valence-corrected chi connectivity index (χ0v) is 25.6. The number of nitrogens with zero attached hydrogens (tertiary/aromatic N) is 3. The Bertz CT molecular complexity index is 1380. The van der Waals surface area contributed by atoms with E-state index in [0.717, 1.165) is 19.9 Å². The maximum Gasteiger partial charge on any atom is 0.434 e. The first kappa shape index (κ1) is 32.2. The van der Waals surface area contributed by atoms with Crippen LogP contribution in [0.2, 0.25) is 5.02 Å². The van der Waals surface area contributed by atoms with Gasteiger partial charge in [-0.25, -0.2) is 5.84 Å². The third-order valence-electron chi connectivity index (χ3n) is 9.91. The molecule has 0 radical (unpaired) electrons. The topological polar surface area (TPSA) is 142 Å². The lowest BCUT2D eigenvalue weighted by Gasteiger charge is -2.45. The summed E-state index contributed by atoms with van der Waals surface area (Å²) in [6.45, 7) is 1.85. The Morgan fingerprint density at radius 1 is 1.23 bits per heavy atom. The van der Waals surface area contributed by atoms with Gasteiger partial charge in [0.2, 0.25) is 11.8 Å². The number of ether oxygens (including phenoxy) is 1. The van der Waals surface area contributed by atoms with Crippen molar-refractivity contribution in [2.24, 2.45) is 28.3 Å². The van der Waals surface area contributed by atoms with Crippen LogP contribution in [0.25, 0.3) is 0 Å². The van der Waals surface area contributed by atoms with Crippen LogP contribution in [0.3, 0.4) is 0 Å². The van der Waals surface area contributed by atoms with Crippen LogP contribution in [-0.2, 0) is 20.8 Å². The van der Waals surface area contributed by atoms with Crippen molar-refractivity contribution in [3.8, 4) is 5.75 Å². The Morgan fingerprint density at radius 3 is 2.52 bits per heavy atom. The van der Waals surface area contributed by atoms with Gasteiger partial charge in [0.15, 0.2) is 5.70 Å². The van der Waals surface area contributed by atoms with Crippen molar-refractivity contribution >= 4 is 29.4 Å². The highest BCUT2D eigenvalue weighted by atomic mass is 35.5. The van der Waals surface area contributed by atoms with Crippen LogP contribution in [0.15, 0.2) is 23.5 Å². The molecule has 3 atom stereocenters. The van der Waals surface area contributed by atoms with Gasteiger partial charge in [0, 0.05) is 43.7 Å². The van der Waals surface area contributed by atoms with Crippen LogP contribution in [0, 0.1) is 16.7 Å². The molecule has 10 nitrogen and oxygen atoms in total. The highest BCUT2D eigenvalue weighted by Crippen LogP contribution is 2.54. The fourth-order valence-electron chi connectivity index (χ4n) is 7.25. The minimum Gasteiger partial charge on any atom is -0.487 e. The highest BCUT2D eigenvalue weighted by Gasteiger charge is 2.54. The second-order valence-corrected chi connectivity index (χ2v) is 13.4. The Labute approximate surface area is 259 Å². The number of nitrogens with two attached hydrogens (primary N) is 2. The van der Waals surface area contributed by atoms with E-state index in [1.165, 1.54) is 6.07 Å². The minimum absolute atomic E-state index is 0.0347. The monoisotopic (exact) mass is 641 g/mol. The van der Waals surface area contributed by atoms with Gasteiger partial charge in [0.25, 0.3) is 0 Å². The van der Waals surface area contributed by atoms with E-state index in [4.69, 9.17) is 27.9 Å². The van der Waals surface area contributed by atoms with E-state index in [9.17, 15) is 32.7 Å². The van der Waals surface area contributed by atoms with Crippen LogP contribution < -0.4 is 16.3 Å². The summed E-state index contributed by atoms with van der Waals surface area (Å²) in [5, 5.41) is 10.9. The number of carbonyl (C=O) groups excluding carboxylic acids is 2. The number of allylic oxidation sites excluding steroid dienone is 1. The smallest absolute Gasteiger partial charge is 0.434 e. The molecule has 0 unspecified atom stereocenters. The maximum atomic E-state index is 14.3. The lowest BCUT2D eigenvalue weighted by Crippen LogP contribution is -2.52. The van der Waals surface area contributed by atoms with Crippen molar-refractivity contribution < 1.29 is 37.4 Å². The summed E-state index contributed by atoms with van der Waals surface area (Å²) in [6.07, 6.45) is -0.00948. The molecule has 2 aliphatic heterocycles. The molecule has 1 aromatic rings. The average molecular weight is 642 g/mol. The summed E-state index contributed by atoms with van der Waals surface area (Å²) in [6, 6.07) is 2.33. The molecule has 1 saturated heterocycles. The molecule has 0 aromatic heterocycles. The molecule has 0 bridgehead atoms. The van der Waals surface area contributed by atoms with Gasteiger partial charge in [-0.15, -0.1) is 0 Å². The summed E-state index contributed by atoms with van der Waals surface area (Å²) < 4.78 is 46.9. The number of fused-ring (bicyclic) bond motifs is 1. The molecule has 14 heteroatoms. The second-order valence-electron chi connectivity index (χ2n) is 13.0. The number of alkyl halides is 3. The van der Waals surface area contributed by atoms with Crippen molar-refractivity contribution in [3.05, 3.63) is 39.7 Å². The average Bonchev–Trinajstić information content (AvgIpc) is 3.61. The molecule has 44 heavy (non-hydrogen) atoms. The van der Waals surface area contributed by atoms with Crippen LogP contribution in [0.1, 0.15) is 69.0 Å². The Balaban J connectivity index is 1.55. The first-order chi connectivity index (χ1) is 20.6. The molecule has 5 N–H and O–H groups in total. The van der Waals surface area contributed by atoms with Crippen molar-refractivity contribution in [2.75, 3.05) is 33.3 Å². The third-order valence-corrected chi connectivity index (χ3v) is 10.3. The Morgan fingerprint density at radius 2 is 1.93 bits per heavy atom. The molecule has 1 aromatic carbocycles. The number of hydrogen-bond donors (Lipinski definition) is 3. The van der Waals surface area contributed by atoms with E-state index in [-0.39, 0.29) is 36.1 Å². The molecule has 3 fully saturated rings. The van der Waals surface area contributed by atoms with Crippen LogP contribution in [-0.4, -0.2) is 77.2 Å². The number of rotatable bonds is 8. The minimum atomic E-state index is -4.83. The molecular weight excluding hydrogens is 603 g/mol. The molecular formula is C30H39ClF3N5O5. The number of carboxylic acid groups (broad SMARTS) is 1. The number of halogens is 4. The standard InChI is InChI=1S/C30H39ClF3N5O5/c1-28(27(42)43)9-4-3-5-18(28)26(41)39-12-8-17-19(31)6-7-22(44-15-20(35)25(37(2)36)30(32,33)34)24(17)21(39)14-38-16-29(10-11-29)13-23(38)40/h6-7,18,21H,3-5,8-16,35-36H2,1-2H3,(H,42,43)/b25-20-/t18-,21+,28-/m0/s1. The molecule has 242 valence electrons. The predicted molar refractivity (Wildman–Crippen MR) is 155 cm³/mol. The molecule has 1 spiro atoms. The quantitative estimate of drug-likeness (QED) is 0.286. The molecule has 4 aliphatic rings. The van der Waals surface area contributed by atoms with Crippen molar-refractivity contribution in [2.45, 2.75) is 70.5 Å². The SMILES string of the molecule is CN(N)/C(=C(\N)COc1ccc(Cl)c2c1[C@@H](CN1CC3(CC3)CC1=O)N(C(=O)[C@@H]1CCCC[C@]1(C)C(=O)O)CC2)C(F)(F)F. The maximum absolute atomic E-state index is 14.3. The lowest BCUT2D eigenvalue weighted by molar-refractivity contribution is -0.162. The van der Waals surface area contributed by atoms with Gasteiger partial charge in [0.05, 0.1) is 23.1 Å². The summed E-state index contributed by atoms with van der Waals surface area (Å²) in [4.78, 5) is 43.2. The predicted octanol–water partition coefficient (Wildman–Crippen LogP) is 3.98. The number of aliphatic carboxylic acids is 1. The van der Waals surface area contributed by atoms with Gasteiger partial charge in [-0.05, 0) is 62.1 Å². The van der Waals surface area contributed by atoms with Gasteiger partial charge in [-0.1, -0.05) is 24.4 Å². The summed E-state index contributed by atoms with van der Waals surface area (Å²) in [5.74, 6) is 3.42. The van der Waals surface area contributed by atoms with Crippen LogP contribution in [0.5, 0.6) is 5.75 Å². The first-order valence-electron chi connectivity index (χ1n) is 14.9. The van der Waals surface area contributed by atoms with Gasteiger partial charge >= 0.3 is 12.1 Å². The zero-order chi connectivity index (χ0) is 32.2. The Hall–Kier alpha value is -3.19. The van der Waals surface area contributed by atoms with Gasteiger partial charge in [0.1, 0.15) is 12.4 Å². The van der Waals surface area contributed by atoms with Gasteiger partial charge in [-0.3, -0.25) is 14.4 Å². The van der Waals surface area contributed by atoms with E-state index in [2.05, 4.69) is 0 Å². The van der Waals surface area contributed by atoms with Crippen molar-refractivity contribution in [1.29, 1.82) is 0 Å². The van der Waals surface area contributed by atoms with E-state index in [1.807, 2.05) is 0 Å².